The van der Waals surface area contributed by atoms with Gasteiger partial charge in [-0.2, -0.15) is 0 Å². The fraction of sp³-hybridized carbons (Fsp3) is 0.0385. The molecular weight excluding hydrogens is 709 g/mol. The van der Waals surface area contributed by atoms with E-state index in [1.807, 2.05) is 24.3 Å². The zero-order valence-electron chi connectivity index (χ0n) is 31.8. The summed E-state index contributed by atoms with van der Waals surface area (Å²) in [6.45, 7) is 5.04. The third-order valence-electron chi connectivity index (χ3n) is 11.7. The number of hydrogen-bond donors (Lipinski definition) is 0. The minimum absolute atomic E-state index is 0.725. The maximum absolute atomic E-state index is 5.25. The molecule has 0 fully saturated rings. The van der Waals surface area contributed by atoms with Crippen LogP contribution in [0.3, 0.4) is 0 Å². The minimum Gasteiger partial charge on any atom is -0.310 e. The Morgan fingerprint density at radius 1 is 0.456 bits per heavy atom. The molecule has 0 saturated carbocycles. The van der Waals surface area contributed by atoms with Gasteiger partial charge in [-0.05, 0) is 75.7 Å². The van der Waals surface area contributed by atoms with Crippen molar-refractivity contribution in [3.63, 3.8) is 0 Å². The summed E-state index contributed by atoms with van der Waals surface area (Å²) in [6, 6.07) is 69.8. The Bertz CT molecular complexity index is 3040. The molecule has 0 aliphatic carbocycles. The molecule has 4 nitrogen and oxygen atoms in total. The fourth-order valence-electron chi connectivity index (χ4n) is 8.96. The van der Waals surface area contributed by atoms with E-state index >= 15 is 0 Å². The average Bonchev–Trinajstić information content (AvgIpc) is 3.61. The Balaban J connectivity index is 1.19. The number of aromatic nitrogens is 3. The smallest absolute Gasteiger partial charge is 0.160 e. The monoisotopic (exact) mass is 746 g/mol. The van der Waals surface area contributed by atoms with E-state index in [4.69, 9.17) is 9.97 Å². The molecule has 0 radical (unpaired) electrons. The zero-order valence-corrected chi connectivity index (χ0v) is 32.8. The molecule has 3 heterocycles. The second-order valence-electron chi connectivity index (χ2n) is 15.5. The highest BCUT2D eigenvalue weighted by Gasteiger charge is 2.38. The molecule has 0 atom stereocenters. The van der Waals surface area contributed by atoms with Crippen molar-refractivity contribution in [1.82, 2.24) is 14.5 Å². The van der Waals surface area contributed by atoms with Crippen molar-refractivity contribution in [2.75, 3.05) is 4.90 Å². The molecule has 0 amide bonds. The number of fused-ring (bicyclic) bond motifs is 7. The minimum atomic E-state index is -2.38. The Labute approximate surface area is 333 Å². The van der Waals surface area contributed by atoms with Gasteiger partial charge in [0.15, 0.2) is 5.82 Å². The molecule has 57 heavy (non-hydrogen) atoms. The van der Waals surface area contributed by atoms with E-state index in [0.29, 0.717) is 0 Å². The molecular formula is C52H38N4Si. The van der Waals surface area contributed by atoms with Crippen LogP contribution >= 0.6 is 0 Å². The van der Waals surface area contributed by atoms with Crippen LogP contribution in [0.25, 0.3) is 72.2 Å². The molecule has 11 rings (SSSR count). The van der Waals surface area contributed by atoms with Gasteiger partial charge in [-0.3, -0.25) is 0 Å². The Morgan fingerprint density at radius 3 is 1.74 bits per heavy atom. The van der Waals surface area contributed by atoms with Gasteiger partial charge in [-0.15, -0.1) is 0 Å². The summed E-state index contributed by atoms with van der Waals surface area (Å²) in [5.74, 6) is 0.725. The summed E-state index contributed by atoms with van der Waals surface area (Å²) < 4.78 is 2.55. The van der Waals surface area contributed by atoms with Gasteiger partial charge in [-0.1, -0.05) is 153 Å². The van der Waals surface area contributed by atoms with Gasteiger partial charge in [0.2, 0.25) is 0 Å². The van der Waals surface area contributed by atoms with Crippen molar-refractivity contribution in [2.45, 2.75) is 13.1 Å². The van der Waals surface area contributed by atoms with Gasteiger partial charge in [0, 0.05) is 50.2 Å². The van der Waals surface area contributed by atoms with Crippen molar-refractivity contribution in [2.24, 2.45) is 0 Å². The summed E-state index contributed by atoms with van der Waals surface area (Å²) in [4.78, 5) is 12.8. The highest BCUT2D eigenvalue weighted by atomic mass is 28.3. The first-order chi connectivity index (χ1) is 28.0. The lowest BCUT2D eigenvalue weighted by Gasteiger charge is -2.35. The number of anilines is 3. The third-order valence-corrected chi connectivity index (χ3v) is 15.2. The van der Waals surface area contributed by atoms with Crippen molar-refractivity contribution in [1.29, 1.82) is 0 Å². The largest absolute Gasteiger partial charge is 0.310 e. The van der Waals surface area contributed by atoms with Crippen LogP contribution in [0.1, 0.15) is 0 Å². The van der Waals surface area contributed by atoms with Gasteiger partial charge in [0.1, 0.15) is 8.07 Å². The van der Waals surface area contributed by atoms with Gasteiger partial charge < -0.3 is 9.47 Å². The Morgan fingerprint density at radius 2 is 1.05 bits per heavy atom. The van der Waals surface area contributed by atoms with Gasteiger partial charge in [0.25, 0.3) is 0 Å². The van der Waals surface area contributed by atoms with Crippen molar-refractivity contribution < 1.29 is 0 Å². The van der Waals surface area contributed by atoms with E-state index in [-0.39, 0.29) is 0 Å². The molecule has 1 aliphatic rings. The Kier molecular flexibility index (Phi) is 7.59. The van der Waals surface area contributed by atoms with Crippen LogP contribution in [-0.4, -0.2) is 22.6 Å². The molecule has 0 bridgehead atoms. The van der Waals surface area contributed by atoms with Gasteiger partial charge >= 0.3 is 0 Å². The molecule has 2 aromatic heterocycles. The van der Waals surface area contributed by atoms with Crippen LogP contribution in [0, 0.1) is 0 Å². The molecule has 0 N–H and O–H groups in total. The molecule has 0 unspecified atom stereocenters. The fourth-order valence-corrected chi connectivity index (χ4v) is 12.0. The van der Waals surface area contributed by atoms with Crippen LogP contribution in [0.4, 0.5) is 17.1 Å². The molecule has 1 aliphatic heterocycles. The second kappa shape index (κ2) is 13.0. The van der Waals surface area contributed by atoms with Crippen molar-refractivity contribution in [3.05, 3.63) is 194 Å². The SMILES string of the molecule is C[Si]1(C)c2cc(-c3cc(-c4ccccc4)nc(-c4ccccc4)n3)ccc2-n2c3ccc4ccccc4c3c3cc(N(c4ccccc4)c4ccccc4)cc1c32. The van der Waals surface area contributed by atoms with Crippen LogP contribution < -0.4 is 15.3 Å². The summed E-state index contributed by atoms with van der Waals surface area (Å²) in [6.07, 6.45) is 0. The molecule has 0 spiro atoms. The van der Waals surface area contributed by atoms with Crippen LogP contribution in [0.2, 0.25) is 13.1 Å². The lowest BCUT2D eigenvalue weighted by molar-refractivity contribution is 1.17. The second-order valence-corrected chi connectivity index (χ2v) is 19.8. The number of rotatable bonds is 6. The maximum atomic E-state index is 5.25. The van der Waals surface area contributed by atoms with Crippen molar-refractivity contribution in [3.8, 4) is 39.6 Å². The van der Waals surface area contributed by atoms with E-state index in [9.17, 15) is 0 Å². The lowest BCUT2D eigenvalue weighted by Crippen LogP contribution is -2.57. The third kappa shape index (κ3) is 5.35. The number of benzene rings is 8. The molecule has 5 heteroatoms. The molecule has 8 aromatic carbocycles. The number of para-hydroxylation sites is 2. The first kappa shape index (κ1) is 33.3. The summed E-state index contributed by atoms with van der Waals surface area (Å²) in [5, 5.41) is 7.92. The number of nitrogens with zero attached hydrogens (tertiary/aromatic N) is 4. The van der Waals surface area contributed by atoms with E-state index in [2.05, 4.69) is 192 Å². The normalized spacial score (nSPS) is 12.9. The predicted octanol–water partition coefficient (Wildman–Crippen LogP) is 12.3. The Hall–Kier alpha value is -7.08. The molecule has 0 saturated heterocycles. The van der Waals surface area contributed by atoms with E-state index in [1.165, 1.54) is 48.6 Å². The maximum Gasteiger partial charge on any atom is 0.160 e. The molecule has 270 valence electrons. The highest BCUT2D eigenvalue weighted by Crippen LogP contribution is 2.43. The van der Waals surface area contributed by atoms with E-state index < -0.39 is 8.07 Å². The highest BCUT2D eigenvalue weighted by molar-refractivity contribution is 7.03. The van der Waals surface area contributed by atoms with E-state index in [1.54, 1.807) is 0 Å². The zero-order chi connectivity index (χ0) is 38.1. The standard InChI is InChI=1S/C52H38N4Si/c1-57(2)48-31-38(45-34-44(36-18-7-3-8-19-36)53-52(54-45)37-20-9-4-10-21-37)28-29-46(48)56-47-30-27-35-17-15-16-26-42(35)50(47)43-32-41(33-49(57)51(43)56)55(39-22-11-5-12-23-39)40-24-13-6-14-25-40/h3-34H,1-2H3. The first-order valence-corrected chi connectivity index (χ1v) is 22.6. The summed E-state index contributed by atoms with van der Waals surface area (Å²) in [7, 11) is -2.38. The van der Waals surface area contributed by atoms with E-state index in [0.717, 1.165) is 51.0 Å². The first-order valence-electron chi connectivity index (χ1n) is 19.6. The van der Waals surface area contributed by atoms with Crippen LogP contribution in [0.15, 0.2) is 194 Å². The van der Waals surface area contributed by atoms with Crippen molar-refractivity contribution >= 4 is 68.1 Å². The summed E-state index contributed by atoms with van der Waals surface area (Å²) in [5.41, 5.74) is 12.2. The van der Waals surface area contributed by atoms with Gasteiger partial charge in [-0.25, -0.2) is 9.97 Å². The predicted molar refractivity (Wildman–Crippen MR) is 242 cm³/mol. The topological polar surface area (TPSA) is 34.0 Å². The van der Waals surface area contributed by atoms with Gasteiger partial charge in [0.05, 0.1) is 22.4 Å². The average molecular weight is 747 g/mol. The molecule has 10 aromatic rings. The van der Waals surface area contributed by atoms with Crippen LogP contribution in [0.5, 0.6) is 0 Å². The quantitative estimate of drug-likeness (QED) is 0.159. The summed E-state index contributed by atoms with van der Waals surface area (Å²) >= 11 is 0. The number of hydrogen-bond acceptors (Lipinski definition) is 3. The lowest BCUT2D eigenvalue weighted by atomic mass is 10.0. The van der Waals surface area contributed by atoms with Crippen LogP contribution in [-0.2, 0) is 0 Å².